The minimum Gasteiger partial charge on any atom is -0.487 e. The van der Waals surface area contributed by atoms with Crippen molar-refractivity contribution in [2.45, 2.75) is 57.8 Å². The second-order valence-electron chi connectivity index (χ2n) is 6.70. The Labute approximate surface area is 125 Å². The summed E-state index contributed by atoms with van der Waals surface area (Å²) >= 11 is 0. The van der Waals surface area contributed by atoms with E-state index in [1.54, 1.807) is 6.92 Å². The molecule has 0 aliphatic carbocycles. The van der Waals surface area contributed by atoms with Gasteiger partial charge in [-0.05, 0) is 33.8 Å². The van der Waals surface area contributed by atoms with E-state index in [1.165, 1.54) is 0 Å². The first-order valence-corrected chi connectivity index (χ1v) is 7.17. The highest BCUT2D eigenvalue weighted by atomic mass is 16.5. The molecule has 1 aromatic carbocycles. The van der Waals surface area contributed by atoms with Crippen LogP contribution in [-0.4, -0.2) is 23.2 Å². The Hall–Kier alpha value is -1.75. The molecule has 5 heteroatoms. The number of primary amides is 1. The molecule has 116 valence electrons. The summed E-state index contributed by atoms with van der Waals surface area (Å²) in [5, 5.41) is 0. The van der Waals surface area contributed by atoms with Gasteiger partial charge in [0.25, 0.3) is 0 Å². The highest BCUT2D eigenvalue weighted by Gasteiger charge is 2.33. The summed E-state index contributed by atoms with van der Waals surface area (Å²) in [5.41, 5.74) is 11.0. The number of rotatable bonds is 5. The first-order chi connectivity index (χ1) is 9.61. The molecule has 0 bridgehead atoms. The fourth-order valence-electron chi connectivity index (χ4n) is 2.64. The Kier molecular flexibility index (Phi) is 3.89. The second-order valence-corrected chi connectivity index (χ2v) is 6.70. The lowest BCUT2D eigenvalue weighted by Gasteiger charge is -2.26. The molecule has 2 atom stereocenters. The Morgan fingerprint density at radius 1 is 1.52 bits per heavy atom. The molecular weight excluding hydrogens is 268 g/mol. The van der Waals surface area contributed by atoms with Gasteiger partial charge in [0.2, 0.25) is 5.91 Å². The molecule has 0 saturated carbocycles. The molecule has 0 aromatic heterocycles. The van der Waals surface area contributed by atoms with Crippen molar-refractivity contribution in [1.82, 2.24) is 0 Å². The zero-order valence-electron chi connectivity index (χ0n) is 13.1. The van der Waals surface area contributed by atoms with Gasteiger partial charge in [-0.3, -0.25) is 4.79 Å². The van der Waals surface area contributed by atoms with Crippen molar-refractivity contribution in [3.8, 4) is 11.5 Å². The number of benzene rings is 1. The molecule has 1 aliphatic heterocycles. The number of para-hydroxylation sites is 1. The van der Waals surface area contributed by atoms with E-state index < -0.39 is 11.4 Å². The van der Waals surface area contributed by atoms with Crippen molar-refractivity contribution in [3.63, 3.8) is 0 Å². The quantitative estimate of drug-likeness (QED) is 0.865. The summed E-state index contributed by atoms with van der Waals surface area (Å²) in [4.78, 5) is 11.3. The lowest BCUT2D eigenvalue weighted by atomic mass is 9.95. The van der Waals surface area contributed by atoms with E-state index in [0.717, 1.165) is 17.7 Å². The van der Waals surface area contributed by atoms with Crippen LogP contribution in [0.1, 0.15) is 39.7 Å². The van der Waals surface area contributed by atoms with Crippen molar-refractivity contribution < 1.29 is 14.3 Å². The van der Waals surface area contributed by atoms with Crippen molar-refractivity contribution in [1.29, 1.82) is 0 Å². The minimum absolute atomic E-state index is 0.222. The van der Waals surface area contributed by atoms with Gasteiger partial charge in [0.15, 0.2) is 11.5 Å². The molecule has 1 heterocycles. The molecule has 1 amide bonds. The van der Waals surface area contributed by atoms with Crippen molar-refractivity contribution in [2.75, 3.05) is 0 Å². The normalized spacial score (nSPS) is 20.0. The van der Waals surface area contributed by atoms with Gasteiger partial charge in [-0.25, -0.2) is 0 Å². The maximum atomic E-state index is 11.3. The zero-order valence-corrected chi connectivity index (χ0v) is 13.1. The summed E-state index contributed by atoms with van der Waals surface area (Å²) in [6.07, 6.45) is 0.949. The highest BCUT2D eigenvalue weighted by Crippen LogP contribution is 2.42. The van der Waals surface area contributed by atoms with Gasteiger partial charge < -0.3 is 20.9 Å². The number of nitrogens with two attached hydrogens (primary N) is 2. The molecule has 4 N–H and O–H groups in total. The van der Waals surface area contributed by atoms with Crippen molar-refractivity contribution in [3.05, 3.63) is 23.8 Å². The predicted molar refractivity (Wildman–Crippen MR) is 81.3 cm³/mol. The molecular formula is C16H24N2O3. The maximum absolute atomic E-state index is 11.3. The molecule has 0 spiro atoms. The van der Waals surface area contributed by atoms with Gasteiger partial charge in [0.1, 0.15) is 5.60 Å². The SMILES string of the molecule is CC(CC(C)(N)C(N)=O)Oc1cccc2c1OC(C)(C)C2. The topological polar surface area (TPSA) is 87.6 Å². The predicted octanol–water partition coefficient (Wildman–Crippen LogP) is 1.76. The third kappa shape index (κ3) is 3.47. The van der Waals surface area contributed by atoms with Gasteiger partial charge in [-0.15, -0.1) is 0 Å². The van der Waals surface area contributed by atoms with Crippen molar-refractivity contribution >= 4 is 5.91 Å². The molecule has 0 radical (unpaired) electrons. The molecule has 5 nitrogen and oxygen atoms in total. The lowest BCUT2D eigenvalue weighted by molar-refractivity contribution is -0.123. The molecule has 1 aliphatic rings. The van der Waals surface area contributed by atoms with E-state index in [4.69, 9.17) is 20.9 Å². The first-order valence-electron chi connectivity index (χ1n) is 7.17. The molecule has 21 heavy (non-hydrogen) atoms. The van der Waals surface area contributed by atoms with Crippen LogP contribution in [0.15, 0.2) is 18.2 Å². The van der Waals surface area contributed by atoms with Gasteiger partial charge in [0.05, 0.1) is 11.6 Å². The highest BCUT2D eigenvalue weighted by molar-refractivity contribution is 5.83. The van der Waals surface area contributed by atoms with E-state index >= 15 is 0 Å². The first kappa shape index (κ1) is 15.6. The van der Waals surface area contributed by atoms with Crippen LogP contribution in [0.3, 0.4) is 0 Å². The van der Waals surface area contributed by atoms with Crippen LogP contribution >= 0.6 is 0 Å². The Balaban J connectivity index is 2.12. The number of fused-ring (bicyclic) bond motifs is 1. The van der Waals surface area contributed by atoms with E-state index in [-0.39, 0.29) is 11.7 Å². The van der Waals surface area contributed by atoms with E-state index in [0.29, 0.717) is 12.2 Å². The monoisotopic (exact) mass is 292 g/mol. The lowest BCUT2D eigenvalue weighted by Crippen LogP contribution is -2.51. The summed E-state index contributed by atoms with van der Waals surface area (Å²) < 4.78 is 11.9. The fourth-order valence-corrected chi connectivity index (χ4v) is 2.64. The van der Waals surface area contributed by atoms with Crippen LogP contribution in [-0.2, 0) is 11.2 Å². The number of carbonyl (C=O) groups is 1. The minimum atomic E-state index is -1.09. The third-order valence-corrected chi connectivity index (χ3v) is 3.66. The van der Waals surface area contributed by atoms with Crippen LogP contribution < -0.4 is 20.9 Å². The van der Waals surface area contributed by atoms with Gasteiger partial charge >= 0.3 is 0 Å². The van der Waals surface area contributed by atoms with Gasteiger partial charge in [0, 0.05) is 18.4 Å². The summed E-state index contributed by atoms with van der Waals surface area (Å²) in [6, 6.07) is 5.86. The number of carbonyl (C=O) groups excluding carboxylic acids is 1. The standard InChI is InChI=1S/C16H24N2O3/c1-10(8-16(4,18)14(17)19)20-12-7-5-6-11-9-15(2,3)21-13(11)12/h5-7,10H,8-9,18H2,1-4H3,(H2,17,19). The maximum Gasteiger partial charge on any atom is 0.237 e. The summed E-state index contributed by atoms with van der Waals surface area (Å²) in [5.74, 6) is 0.937. The Morgan fingerprint density at radius 2 is 2.19 bits per heavy atom. The van der Waals surface area contributed by atoms with Gasteiger partial charge in [-0.2, -0.15) is 0 Å². The van der Waals surface area contributed by atoms with Gasteiger partial charge in [-0.1, -0.05) is 12.1 Å². The third-order valence-electron chi connectivity index (χ3n) is 3.66. The van der Waals surface area contributed by atoms with Crippen LogP contribution in [0.5, 0.6) is 11.5 Å². The fraction of sp³-hybridized carbons (Fsp3) is 0.562. The Bertz CT molecular complexity index is 552. The van der Waals surface area contributed by atoms with Crippen LogP contribution in [0.4, 0.5) is 0 Å². The molecule has 2 unspecified atom stereocenters. The van der Waals surface area contributed by atoms with Crippen LogP contribution in [0.2, 0.25) is 0 Å². The number of hydrogen-bond donors (Lipinski definition) is 2. The Morgan fingerprint density at radius 3 is 2.81 bits per heavy atom. The average Bonchev–Trinajstić information content (AvgIpc) is 2.63. The molecule has 0 saturated heterocycles. The zero-order chi connectivity index (χ0) is 15.8. The summed E-state index contributed by atoms with van der Waals surface area (Å²) in [6.45, 7) is 7.58. The van der Waals surface area contributed by atoms with E-state index in [1.807, 2.05) is 39.0 Å². The smallest absolute Gasteiger partial charge is 0.237 e. The molecule has 0 fully saturated rings. The van der Waals surface area contributed by atoms with E-state index in [9.17, 15) is 4.79 Å². The molecule has 2 rings (SSSR count). The molecule has 1 aromatic rings. The van der Waals surface area contributed by atoms with Crippen molar-refractivity contribution in [2.24, 2.45) is 11.5 Å². The van der Waals surface area contributed by atoms with Crippen LogP contribution in [0.25, 0.3) is 0 Å². The van der Waals surface area contributed by atoms with Crippen LogP contribution in [0, 0.1) is 0 Å². The summed E-state index contributed by atoms with van der Waals surface area (Å²) in [7, 11) is 0. The average molecular weight is 292 g/mol. The van der Waals surface area contributed by atoms with E-state index in [2.05, 4.69) is 0 Å². The number of ether oxygens (including phenoxy) is 2. The largest absolute Gasteiger partial charge is 0.487 e. The second kappa shape index (κ2) is 5.22. The number of hydrogen-bond acceptors (Lipinski definition) is 4. The number of amides is 1.